The van der Waals surface area contributed by atoms with Gasteiger partial charge in [-0.3, -0.25) is 14.9 Å². The molecule has 0 aromatic carbocycles. The molecule has 0 fully saturated rings. The molecule has 6 nitrogen and oxygen atoms in total. The third-order valence-electron chi connectivity index (χ3n) is 1.91. The van der Waals surface area contributed by atoms with Crippen molar-refractivity contribution in [2.24, 2.45) is 0 Å². The Bertz CT molecular complexity index is 418. The van der Waals surface area contributed by atoms with E-state index in [0.29, 0.717) is 25.5 Å². The van der Waals surface area contributed by atoms with E-state index in [2.05, 4.69) is 12.6 Å². The second-order valence-electron chi connectivity index (χ2n) is 2.99. The Hall–Kier alpha value is -1.34. The molecule has 1 heterocycles. The van der Waals surface area contributed by atoms with E-state index in [1.165, 1.54) is 22.9 Å². The van der Waals surface area contributed by atoms with E-state index in [-0.39, 0.29) is 0 Å². The Morgan fingerprint density at radius 3 is 2.88 bits per heavy atom. The number of hydrogen-bond acceptors (Lipinski definition) is 5. The third-order valence-corrected chi connectivity index (χ3v) is 2.09. The van der Waals surface area contributed by atoms with Gasteiger partial charge >= 0.3 is 11.2 Å². The van der Waals surface area contributed by atoms with E-state index in [1.807, 2.05) is 0 Å². The first-order chi connectivity index (χ1) is 7.66. The summed E-state index contributed by atoms with van der Waals surface area (Å²) in [6.45, 7) is 1.13. The minimum Gasteiger partial charge on any atom is -0.379 e. The number of aromatic nitrogens is 1. The van der Waals surface area contributed by atoms with Crippen molar-refractivity contribution < 1.29 is 9.66 Å². The molecular weight excluding hydrogens is 232 g/mol. The van der Waals surface area contributed by atoms with Crippen LogP contribution >= 0.6 is 12.6 Å². The van der Waals surface area contributed by atoms with Gasteiger partial charge in [-0.2, -0.15) is 12.6 Å². The molecule has 0 saturated heterocycles. The lowest BCUT2D eigenvalue weighted by molar-refractivity contribution is -0.386. The van der Waals surface area contributed by atoms with Crippen molar-refractivity contribution in [1.82, 2.24) is 4.57 Å². The molecule has 0 amide bonds. The fourth-order valence-electron chi connectivity index (χ4n) is 1.17. The molecule has 0 unspecified atom stereocenters. The Balaban J connectivity index is 2.70. The van der Waals surface area contributed by atoms with Crippen LogP contribution in [0, 0.1) is 10.1 Å². The first-order valence-corrected chi connectivity index (χ1v) is 5.32. The van der Waals surface area contributed by atoms with E-state index in [4.69, 9.17) is 4.74 Å². The summed E-state index contributed by atoms with van der Waals surface area (Å²) in [7, 11) is 0. The molecule has 0 aliphatic carbocycles. The molecule has 16 heavy (non-hydrogen) atoms. The minimum atomic E-state index is -0.687. The van der Waals surface area contributed by atoms with Crippen molar-refractivity contribution in [3.63, 3.8) is 0 Å². The van der Waals surface area contributed by atoms with E-state index in [1.54, 1.807) is 0 Å². The fourth-order valence-corrected chi connectivity index (χ4v) is 1.30. The van der Waals surface area contributed by atoms with Crippen molar-refractivity contribution in [3.8, 4) is 0 Å². The van der Waals surface area contributed by atoms with Crippen LogP contribution in [-0.4, -0.2) is 28.5 Å². The van der Waals surface area contributed by atoms with E-state index >= 15 is 0 Å². The van der Waals surface area contributed by atoms with Gasteiger partial charge in [0, 0.05) is 24.6 Å². The highest BCUT2D eigenvalue weighted by molar-refractivity contribution is 7.80. The maximum absolute atomic E-state index is 11.5. The summed E-state index contributed by atoms with van der Waals surface area (Å²) in [6.07, 6.45) is 1.50. The third kappa shape index (κ3) is 3.35. The van der Waals surface area contributed by atoms with Gasteiger partial charge in [0.1, 0.15) is 0 Å². The summed E-state index contributed by atoms with van der Waals surface area (Å²) < 4.78 is 6.40. The molecule has 0 bridgehead atoms. The zero-order valence-electron chi connectivity index (χ0n) is 8.54. The standard InChI is InChI=1S/C9H12N2O4S/c12-9-8(11(13)14)2-1-3-10(9)4-5-15-6-7-16/h1-3,16H,4-7H2. The number of rotatable bonds is 6. The zero-order valence-corrected chi connectivity index (χ0v) is 9.43. The lowest BCUT2D eigenvalue weighted by atomic mass is 10.4. The zero-order chi connectivity index (χ0) is 12.0. The second-order valence-corrected chi connectivity index (χ2v) is 3.43. The van der Waals surface area contributed by atoms with Crippen molar-refractivity contribution >= 4 is 18.3 Å². The van der Waals surface area contributed by atoms with Crippen LogP contribution in [0.4, 0.5) is 5.69 Å². The van der Waals surface area contributed by atoms with Crippen molar-refractivity contribution in [2.45, 2.75) is 6.54 Å². The van der Waals surface area contributed by atoms with Gasteiger partial charge in [-0.1, -0.05) is 0 Å². The van der Waals surface area contributed by atoms with E-state index < -0.39 is 16.2 Å². The smallest absolute Gasteiger partial charge is 0.334 e. The average molecular weight is 244 g/mol. The number of thiol groups is 1. The highest BCUT2D eigenvalue weighted by Crippen LogP contribution is 2.01. The first-order valence-electron chi connectivity index (χ1n) is 4.69. The highest BCUT2D eigenvalue weighted by Gasteiger charge is 2.12. The van der Waals surface area contributed by atoms with Crippen LogP contribution < -0.4 is 5.56 Å². The molecule has 7 heteroatoms. The Morgan fingerprint density at radius 2 is 2.25 bits per heavy atom. The fraction of sp³-hybridized carbons (Fsp3) is 0.444. The summed E-state index contributed by atoms with van der Waals surface area (Å²) in [4.78, 5) is 21.3. The maximum Gasteiger partial charge on any atom is 0.334 e. The largest absolute Gasteiger partial charge is 0.379 e. The topological polar surface area (TPSA) is 74.4 Å². The molecule has 0 radical (unpaired) electrons. The normalized spacial score (nSPS) is 10.3. The molecule has 88 valence electrons. The Kier molecular flexibility index (Phi) is 5.00. The molecule has 1 rings (SSSR count). The van der Waals surface area contributed by atoms with Crippen LogP contribution in [0.2, 0.25) is 0 Å². The lowest BCUT2D eigenvalue weighted by Crippen LogP contribution is -2.23. The van der Waals surface area contributed by atoms with E-state index in [0.717, 1.165) is 0 Å². The predicted molar refractivity (Wildman–Crippen MR) is 62.0 cm³/mol. The molecule has 0 spiro atoms. The number of nitrogens with zero attached hydrogens (tertiary/aromatic N) is 2. The summed E-state index contributed by atoms with van der Waals surface area (Å²) in [5.41, 5.74) is -1.03. The van der Waals surface area contributed by atoms with Crippen molar-refractivity contribution in [3.05, 3.63) is 38.8 Å². The maximum atomic E-state index is 11.5. The molecule has 0 N–H and O–H groups in total. The predicted octanol–water partition coefficient (Wildman–Crippen LogP) is 0.703. The van der Waals surface area contributed by atoms with Crippen molar-refractivity contribution in [2.75, 3.05) is 19.0 Å². The molecular formula is C9H12N2O4S. The van der Waals surface area contributed by atoms with Crippen LogP contribution in [-0.2, 0) is 11.3 Å². The monoisotopic (exact) mass is 244 g/mol. The molecule has 0 aliphatic rings. The van der Waals surface area contributed by atoms with Crippen LogP contribution in [0.1, 0.15) is 0 Å². The van der Waals surface area contributed by atoms with Gasteiger partial charge < -0.3 is 9.30 Å². The van der Waals surface area contributed by atoms with Gasteiger partial charge in [-0.25, -0.2) is 0 Å². The Labute approximate surface area is 97.4 Å². The molecule has 1 aromatic rings. The van der Waals surface area contributed by atoms with Crippen LogP contribution in [0.5, 0.6) is 0 Å². The van der Waals surface area contributed by atoms with Crippen LogP contribution in [0.25, 0.3) is 0 Å². The minimum absolute atomic E-state index is 0.300. The molecule has 1 aromatic heterocycles. The molecule has 0 atom stereocenters. The van der Waals surface area contributed by atoms with Crippen molar-refractivity contribution in [1.29, 1.82) is 0 Å². The van der Waals surface area contributed by atoms with Gasteiger partial charge in [-0.05, 0) is 6.07 Å². The Morgan fingerprint density at radius 1 is 1.50 bits per heavy atom. The quantitative estimate of drug-likeness (QED) is 0.346. The van der Waals surface area contributed by atoms with Gasteiger partial charge in [0.25, 0.3) is 0 Å². The second kappa shape index (κ2) is 6.29. The number of hydrogen-bond donors (Lipinski definition) is 1. The number of ether oxygens (including phenoxy) is 1. The van der Waals surface area contributed by atoms with Gasteiger partial charge in [0.15, 0.2) is 0 Å². The summed E-state index contributed by atoms with van der Waals surface area (Å²) >= 11 is 3.96. The molecule has 0 aliphatic heterocycles. The molecule has 0 saturated carbocycles. The summed E-state index contributed by atoms with van der Waals surface area (Å²) in [5, 5.41) is 10.5. The summed E-state index contributed by atoms with van der Waals surface area (Å²) in [6, 6.07) is 2.66. The number of nitro groups is 1. The van der Waals surface area contributed by atoms with E-state index in [9.17, 15) is 14.9 Å². The van der Waals surface area contributed by atoms with Gasteiger partial charge in [0.2, 0.25) is 0 Å². The average Bonchev–Trinajstić information content (AvgIpc) is 2.26. The van der Waals surface area contributed by atoms with Crippen LogP contribution in [0.15, 0.2) is 23.1 Å². The van der Waals surface area contributed by atoms with Gasteiger partial charge in [-0.15, -0.1) is 0 Å². The summed E-state index contributed by atoms with van der Waals surface area (Å²) in [5.74, 6) is 0.601. The SMILES string of the molecule is O=c1c([N+](=O)[O-])cccn1CCOCCS. The van der Waals surface area contributed by atoms with Crippen LogP contribution in [0.3, 0.4) is 0 Å². The number of pyridine rings is 1. The first kappa shape index (κ1) is 12.7. The van der Waals surface area contributed by atoms with Gasteiger partial charge in [0.05, 0.1) is 18.1 Å². The lowest BCUT2D eigenvalue weighted by Gasteiger charge is -2.05. The highest BCUT2D eigenvalue weighted by atomic mass is 32.1.